The Morgan fingerprint density at radius 2 is 2.19 bits per heavy atom. The standard InChI is InChI=1S/C11H11BrO4/c1-3-16-9-5-7(6(2)11(14)15)4-8(12)10(9)13/h4-5,13H,2-3H2,1H3,(H,14,15). The van der Waals surface area contributed by atoms with Crippen molar-refractivity contribution in [3.63, 3.8) is 0 Å². The molecule has 2 N–H and O–H groups in total. The van der Waals surface area contributed by atoms with Gasteiger partial charge in [-0.1, -0.05) is 6.58 Å². The fourth-order valence-corrected chi connectivity index (χ4v) is 1.58. The van der Waals surface area contributed by atoms with Crippen LogP contribution in [0.1, 0.15) is 12.5 Å². The van der Waals surface area contributed by atoms with Crippen molar-refractivity contribution in [1.82, 2.24) is 0 Å². The molecule has 0 atom stereocenters. The number of phenols is 1. The van der Waals surface area contributed by atoms with E-state index in [1.54, 1.807) is 6.92 Å². The van der Waals surface area contributed by atoms with Crippen molar-refractivity contribution in [2.75, 3.05) is 6.61 Å². The van der Waals surface area contributed by atoms with Gasteiger partial charge in [0.2, 0.25) is 0 Å². The molecular formula is C11H11BrO4. The maximum Gasteiger partial charge on any atom is 0.335 e. The van der Waals surface area contributed by atoms with E-state index in [9.17, 15) is 9.90 Å². The van der Waals surface area contributed by atoms with Crippen molar-refractivity contribution < 1.29 is 19.7 Å². The fourth-order valence-electron chi connectivity index (χ4n) is 1.14. The summed E-state index contributed by atoms with van der Waals surface area (Å²) in [7, 11) is 0. The first-order valence-electron chi connectivity index (χ1n) is 4.55. The second-order valence-electron chi connectivity index (χ2n) is 3.02. The van der Waals surface area contributed by atoms with E-state index in [0.29, 0.717) is 16.6 Å². The number of ether oxygens (including phenoxy) is 1. The minimum absolute atomic E-state index is 0.0520. The number of carbonyl (C=O) groups is 1. The van der Waals surface area contributed by atoms with Crippen LogP contribution in [0.5, 0.6) is 11.5 Å². The van der Waals surface area contributed by atoms with E-state index in [-0.39, 0.29) is 17.1 Å². The van der Waals surface area contributed by atoms with Gasteiger partial charge in [-0.25, -0.2) is 4.79 Å². The van der Waals surface area contributed by atoms with Crippen LogP contribution in [0.3, 0.4) is 0 Å². The molecule has 0 aliphatic carbocycles. The van der Waals surface area contributed by atoms with Crippen molar-refractivity contribution >= 4 is 27.5 Å². The van der Waals surface area contributed by atoms with Gasteiger partial charge >= 0.3 is 5.97 Å². The summed E-state index contributed by atoms with van der Waals surface area (Å²) in [5, 5.41) is 18.4. The average Bonchev–Trinajstić information content (AvgIpc) is 2.23. The summed E-state index contributed by atoms with van der Waals surface area (Å²) in [4.78, 5) is 10.7. The summed E-state index contributed by atoms with van der Waals surface area (Å²) in [5.74, 6) is -0.932. The second kappa shape index (κ2) is 5.03. The van der Waals surface area contributed by atoms with Crippen molar-refractivity contribution in [3.8, 4) is 11.5 Å². The third kappa shape index (κ3) is 2.55. The number of halogens is 1. The Morgan fingerprint density at radius 1 is 1.56 bits per heavy atom. The van der Waals surface area contributed by atoms with Gasteiger partial charge in [-0.2, -0.15) is 0 Å². The van der Waals surface area contributed by atoms with E-state index in [1.165, 1.54) is 12.1 Å². The number of rotatable bonds is 4. The fraction of sp³-hybridized carbons (Fsp3) is 0.182. The summed E-state index contributed by atoms with van der Waals surface area (Å²) >= 11 is 3.12. The maximum atomic E-state index is 10.7. The van der Waals surface area contributed by atoms with Gasteiger partial charge < -0.3 is 14.9 Å². The normalized spacial score (nSPS) is 9.88. The van der Waals surface area contributed by atoms with Crippen LogP contribution in [0.25, 0.3) is 5.57 Å². The van der Waals surface area contributed by atoms with E-state index in [1.807, 2.05) is 0 Å². The quantitative estimate of drug-likeness (QED) is 0.835. The highest BCUT2D eigenvalue weighted by molar-refractivity contribution is 9.10. The highest BCUT2D eigenvalue weighted by Crippen LogP contribution is 2.37. The molecule has 0 heterocycles. The molecule has 0 amide bonds. The Balaban J connectivity index is 3.23. The molecule has 0 saturated heterocycles. The molecule has 0 saturated carbocycles. The van der Waals surface area contributed by atoms with Crippen LogP contribution in [0.15, 0.2) is 23.2 Å². The maximum absolute atomic E-state index is 10.7. The average molecular weight is 287 g/mol. The number of hydrogen-bond donors (Lipinski definition) is 2. The monoisotopic (exact) mass is 286 g/mol. The Kier molecular flexibility index (Phi) is 3.95. The van der Waals surface area contributed by atoms with Crippen LogP contribution >= 0.6 is 15.9 Å². The third-order valence-corrected chi connectivity index (χ3v) is 2.54. The largest absolute Gasteiger partial charge is 0.503 e. The number of phenolic OH excluding ortho intramolecular Hbond substituents is 1. The molecule has 4 nitrogen and oxygen atoms in total. The summed E-state index contributed by atoms with van der Waals surface area (Å²) < 4.78 is 5.55. The zero-order valence-corrected chi connectivity index (χ0v) is 10.2. The second-order valence-corrected chi connectivity index (χ2v) is 3.88. The number of aromatic hydroxyl groups is 1. The molecule has 16 heavy (non-hydrogen) atoms. The SMILES string of the molecule is C=C(C(=O)O)c1cc(Br)c(O)c(OCC)c1. The van der Waals surface area contributed by atoms with Crippen LogP contribution in [0, 0.1) is 0 Å². The van der Waals surface area contributed by atoms with E-state index >= 15 is 0 Å². The molecule has 1 aromatic rings. The summed E-state index contributed by atoms with van der Waals surface area (Å²) in [6, 6.07) is 2.92. The van der Waals surface area contributed by atoms with Gasteiger partial charge in [0.15, 0.2) is 11.5 Å². The zero-order valence-electron chi connectivity index (χ0n) is 8.66. The number of carboxylic acid groups (broad SMARTS) is 1. The van der Waals surface area contributed by atoms with Gasteiger partial charge in [-0.05, 0) is 40.5 Å². The van der Waals surface area contributed by atoms with E-state index < -0.39 is 5.97 Å². The lowest BCUT2D eigenvalue weighted by atomic mass is 10.1. The van der Waals surface area contributed by atoms with Crippen LogP contribution in [-0.4, -0.2) is 22.8 Å². The molecular weight excluding hydrogens is 276 g/mol. The van der Waals surface area contributed by atoms with Gasteiger partial charge in [-0.15, -0.1) is 0 Å². The summed E-state index contributed by atoms with van der Waals surface area (Å²) in [5.41, 5.74) is 0.335. The van der Waals surface area contributed by atoms with Crippen LogP contribution in [0.4, 0.5) is 0 Å². The zero-order chi connectivity index (χ0) is 12.3. The van der Waals surface area contributed by atoms with E-state index in [4.69, 9.17) is 9.84 Å². The molecule has 0 aromatic heterocycles. The minimum atomic E-state index is -1.11. The smallest absolute Gasteiger partial charge is 0.335 e. The molecule has 0 radical (unpaired) electrons. The Labute approximate surface area is 101 Å². The lowest BCUT2D eigenvalue weighted by Gasteiger charge is -2.10. The van der Waals surface area contributed by atoms with Gasteiger partial charge in [0, 0.05) is 0 Å². The van der Waals surface area contributed by atoms with E-state index in [0.717, 1.165) is 0 Å². The Hall–Kier alpha value is -1.49. The first-order chi connectivity index (χ1) is 7.47. The van der Waals surface area contributed by atoms with Crippen LogP contribution in [0.2, 0.25) is 0 Å². The molecule has 86 valence electrons. The molecule has 0 aliphatic rings. The molecule has 1 aromatic carbocycles. The minimum Gasteiger partial charge on any atom is -0.503 e. The van der Waals surface area contributed by atoms with Crippen LogP contribution < -0.4 is 4.74 Å². The molecule has 1 rings (SSSR count). The number of carboxylic acids is 1. The highest BCUT2D eigenvalue weighted by atomic mass is 79.9. The first-order valence-corrected chi connectivity index (χ1v) is 5.34. The topological polar surface area (TPSA) is 66.8 Å². The Morgan fingerprint density at radius 3 is 2.69 bits per heavy atom. The Bertz CT molecular complexity index is 440. The number of benzene rings is 1. The predicted octanol–water partition coefficient (Wildman–Crippen LogP) is 2.65. The number of aliphatic carboxylic acids is 1. The lowest BCUT2D eigenvalue weighted by Crippen LogP contribution is -1.99. The van der Waals surface area contributed by atoms with Gasteiger partial charge in [0.1, 0.15) is 0 Å². The highest BCUT2D eigenvalue weighted by Gasteiger charge is 2.14. The summed E-state index contributed by atoms with van der Waals surface area (Å²) in [6.07, 6.45) is 0. The lowest BCUT2D eigenvalue weighted by molar-refractivity contribution is -0.130. The first kappa shape index (κ1) is 12.6. The third-order valence-electron chi connectivity index (χ3n) is 1.93. The van der Waals surface area contributed by atoms with Gasteiger partial charge in [-0.3, -0.25) is 0 Å². The number of hydrogen-bond acceptors (Lipinski definition) is 3. The van der Waals surface area contributed by atoms with Crippen molar-refractivity contribution in [1.29, 1.82) is 0 Å². The molecule has 0 bridgehead atoms. The van der Waals surface area contributed by atoms with Gasteiger partial charge in [0.25, 0.3) is 0 Å². The van der Waals surface area contributed by atoms with Gasteiger partial charge in [0.05, 0.1) is 16.7 Å². The molecule has 0 unspecified atom stereocenters. The van der Waals surface area contributed by atoms with Crippen molar-refractivity contribution in [2.24, 2.45) is 0 Å². The summed E-state index contributed by atoms with van der Waals surface area (Å²) in [6.45, 7) is 5.59. The predicted molar refractivity (Wildman–Crippen MR) is 63.6 cm³/mol. The van der Waals surface area contributed by atoms with Crippen LogP contribution in [-0.2, 0) is 4.79 Å². The molecule has 0 fully saturated rings. The molecule has 0 aliphatic heterocycles. The van der Waals surface area contributed by atoms with E-state index in [2.05, 4.69) is 22.5 Å². The molecule has 5 heteroatoms. The molecule has 0 spiro atoms. The van der Waals surface area contributed by atoms with Crippen molar-refractivity contribution in [2.45, 2.75) is 6.92 Å². The van der Waals surface area contributed by atoms with Crippen molar-refractivity contribution in [3.05, 3.63) is 28.7 Å².